The van der Waals surface area contributed by atoms with E-state index in [0.29, 0.717) is 12.0 Å². The minimum Gasteiger partial charge on any atom is -0.490 e. The number of aliphatic carboxylic acids is 1. The van der Waals surface area contributed by atoms with E-state index in [2.05, 4.69) is 26.0 Å². The molecule has 0 amide bonds. The lowest BCUT2D eigenvalue weighted by Gasteiger charge is -2.24. The van der Waals surface area contributed by atoms with E-state index in [1.165, 1.54) is 24.0 Å². The van der Waals surface area contributed by atoms with Crippen molar-refractivity contribution in [1.82, 2.24) is 0 Å². The number of carbonyl (C=O) groups is 1. The molecule has 0 aromatic heterocycles. The van der Waals surface area contributed by atoms with Crippen molar-refractivity contribution < 1.29 is 14.6 Å². The number of rotatable bonds is 6. The molecule has 0 radical (unpaired) electrons. The van der Waals surface area contributed by atoms with Crippen LogP contribution >= 0.6 is 0 Å². The average molecular weight is 302 g/mol. The Morgan fingerprint density at radius 3 is 2.50 bits per heavy atom. The fraction of sp³-hybridized carbons (Fsp3) is 0.632. The fourth-order valence-corrected chi connectivity index (χ4v) is 3.65. The highest BCUT2D eigenvalue weighted by Gasteiger charge is 2.36. The van der Waals surface area contributed by atoms with Crippen LogP contribution < -0.4 is 4.74 Å². The molecule has 0 saturated heterocycles. The molecule has 2 fully saturated rings. The number of carboxylic acid groups (broad SMARTS) is 1. The first-order valence-electron chi connectivity index (χ1n) is 8.55. The minimum absolute atomic E-state index is 0.105. The van der Waals surface area contributed by atoms with Crippen LogP contribution in [0.4, 0.5) is 0 Å². The van der Waals surface area contributed by atoms with Gasteiger partial charge >= 0.3 is 5.97 Å². The SMILES string of the molecule is Cc1ccc(C(CC(=O)O)C2CC2)c(OC2CCCC2)c1C. The monoisotopic (exact) mass is 302 g/mol. The van der Waals surface area contributed by atoms with E-state index in [1.54, 1.807) is 0 Å². The highest BCUT2D eigenvalue weighted by molar-refractivity contribution is 5.68. The lowest BCUT2D eigenvalue weighted by atomic mass is 9.88. The van der Waals surface area contributed by atoms with Gasteiger partial charge in [-0.25, -0.2) is 0 Å². The van der Waals surface area contributed by atoms with Crippen LogP contribution in [0.3, 0.4) is 0 Å². The number of carboxylic acids is 1. The molecule has 0 aliphatic heterocycles. The Morgan fingerprint density at radius 1 is 1.23 bits per heavy atom. The summed E-state index contributed by atoms with van der Waals surface area (Å²) in [7, 11) is 0. The summed E-state index contributed by atoms with van der Waals surface area (Å²) in [5.41, 5.74) is 3.53. The van der Waals surface area contributed by atoms with Crippen molar-refractivity contribution in [1.29, 1.82) is 0 Å². The van der Waals surface area contributed by atoms with Gasteiger partial charge in [0.2, 0.25) is 0 Å². The van der Waals surface area contributed by atoms with Crippen molar-refractivity contribution in [2.75, 3.05) is 0 Å². The minimum atomic E-state index is -0.707. The van der Waals surface area contributed by atoms with Crippen molar-refractivity contribution in [3.05, 3.63) is 28.8 Å². The molecule has 1 aromatic carbocycles. The van der Waals surface area contributed by atoms with E-state index in [9.17, 15) is 9.90 Å². The number of hydrogen-bond acceptors (Lipinski definition) is 2. The van der Waals surface area contributed by atoms with Crippen molar-refractivity contribution in [2.24, 2.45) is 5.92 Å². The lowest BCUT2D eigenvalue weighted by molar-refractivity contribution is -0.137. The second-order valence-corrected chi connectivity index (χ2v) is 6.99. The quantitative estimate of drug-likeness (QED) is 0.835. The predicted molar refractivity (Wildman–Crippen MR) is 86.5 cm³/mol. The predicted octanol–water partition coefficient (Wildman–Crippen LogP) is 4.59. The Bertz CT molecular complexity index is 554. The summed E-state index contributed by atoms with van der Waals surface area (Å²) in [5.74, 6) is 0.893. The highest BCUT2D eigenvalue weighted by atomic mass is 16.5. The van der Waals surface area contributed by atoms with Crippen molar-refractivity contribution in [2.45, 2.75) is 70.8 Å². The first-order chi connectivity index (χ1) is 10.6. The van der Waals surface area contributed by atoms with Crippen molar-refractivity contribution >= 4 is 5.97 Å². The summed E-state index contributed by atoms with van der Waals surface area (Å²) in [6.07, 6.45) is 7.55. The Morgan fingerprint density at radius 2 is 1.91 bits per heavy atom. The van der Waals surface area contributed by atoms with Gasteiger partial charge in [0, 0.05) is 5.92 Å². The highest BCUT2D eigenvalue weighted by Crippen LogP contribution is 2.48. The molecule has 0 heterocycles. The van der Waals surface area contributed by atoms with Crippen LogP contribution in [0.5, 0.6) is 5.75 Å². The molecule has 0 spiro atoms. The third-order valence-electron chi connectivity index (χ3n) is 5.28. The third kappa shape index (κ3) is 3.29. The zero-order chi connectivity index (χ0) is 15.7. The van der Waals surface area contributed by atoms with Crippen LogP contribution in [0.15, 0.2) is 12.1 Å². The van der Waals surface area contributed by atoms with Gasteiger partial charge in [-0.2, -0.15) is 0 Å². The summed E-state index contributed by atoms with van der Waals surface area (Å²) in [5, 5.41) is 9.28. The van der Waals surface area contributed by atoms with Crippen LogP contribution in [0, 0.1) is 19.8 Å². The maximum absolute atomic E-state index is 11.3. The Balaban J connectivity index is 1.93. The molecule has 120 valence electrons. The van der Waals surface area contributed by atoms with E-state index in [1.807, 2.05) is 0 Å². The Kier molecular flexibility index (Phi) is 4.42. The maximum Gasteiger partial charge on any atom is 0.303 e. The standard InChI is InChI=1S/C19H26O3/c1-12-7-10-16(17(11-18(20)21)14-8-9-14)19(13(12)2)22-15-5-3-4-6-15/h7,10,14-15,17H,3-6,8-9,11H2,1-2H3,(H,20,21). The number of hydrogen-bond donors (Lipinski definition) is 1. The molecular formula is C19H26O3. The normalized spacial score (nSPS) is 20.1. The third-order valence-corrected chi connectivity index (χ3v) is 5.28. The molecule has 1 atom stereocenters. The molecular weight excluding hydrogens is 276 g/mol. The molecule has 1 N–H and O–H groups in total. The summed E-state index contributed by atoms with van der Waals surface area (Å²) >= 11 is 0. The summed E-state index contributed by atoms with van der Waals surface area (Å²) in [4.78, 5) is 11.3. The smallest absolute Gasteiger partial charge is 0.303 e. The van der Waals surface area contributed by atoms with E-state index in [-0.39, 0.29) is 12.3 Å². The van der Waals surface area contributed by atoms with Crippen LogP contribution in [-0.4, -0.2) is 17.2 Å². The van der Waals surface area contributed by atoms with E-state index < -0.39 is 5.97 Å². The molecule has 1 unspecified atom stereocenters. The number of benzene rings is 1. The molecule has 1 aromatic rings. The van der Waals surface area contributed by atoms with Gasteiger partial charge in [-0.1, -0.05) is 12.1 Å². The maximum atomic E-state index is 11.3. The average Bonchev–Trinajstić information content (AvgIpc) is 3.19. The van der Waals surface area contributed by atoms with Crippen molar-refractivity contribution in [3.63, 3.8) is 0 Å². The van der Waals surface area contributed by atoms with E-state index >= 15 is 0 Å². The van der Waals surface area contributed by atoms with Crippen LogP contribution in [0.2, 0.25) is 0 Å². The lowest BCUT2D eigenvalue weighted by Crippen LogP contribution is -2.16. The van der Waals surface area contributed by atoms with Crippen molar-refractivity contribution in [3.8, 4) is 5.75 Å². The molecule has 2 saturated carbocycles. The van der Waals surface area contributed by atoms with E-state index in [0.717, 1.165) is 37.0 Å². The van der Waals surface area contributed by atoms with Gasteiger partial charge < -0.3 is 9.84 Å². The molecule has 0 bridgehead atoms. The van der Waals surface area contributed by atoms with Gasteiger partial charge in [0.15, 0.2) is 0 Å². The summed E-state index contributed by atoms with van der Waals surface area (Å²) in [6.45, 7) is 4.21. The fourth-order valence-electron chi connectivity index (χ4n) is 3.65. The molecule has 3 rings (SSSR count). The van der Waals surface area contributed by atoms with Gasteiger partial charge in [-0.3, -0.25) is 4.79 Å². The largest absolute Gasteiger partial charge is 0.490 e. The molecule has 22 heavy (non-hydrogen) atoms. The first kappa shape index (κ1) is 15.4. The first-order valence-corrected chi connectivity index (χ1v) is 8.55. The molecule has 3 heteroatoms. The van der Waals surface area contributed by atoms with E-state index in [4.69, 9.17) is 4.74 Å². The number of aryl methyl sites for hydroxylation is 1. The second-order valence-electron chi connectivity index (χ2n) is 6.99. The van der Waals surface area contributed by atoms with Gasteiger partial charge in [0.1, 0.15) is 5.75 Å². The van der Waals surface area contributed by atoms with Gasteiger partial charge in [0.05, 0.1) is 12.5 Å². The zero-order valence-corrected chi connectivity index (χ0v) is 13.6. The second kappa shape index (κ2) is 6.31. The van der Waals surface area contributed by atoms with Gasteiger partial charge in [-0.15, -0.1) is 0 Å². The van der Waals surface area contributed by atoms with Gasteiger partial charge in [0.25, 0.3) is 0 Å². The zero-order valence-electron chi connectivity index (χ0n) is 13.6. The Labute approximate surface area is 132 Å². The molecule has 2 aliphatic rings. The van der Waals surface area contributed by atoms with Crippen LogP contribution in [0.1, 0.15) is 67.6 Å². The van der Waals surface area contributed by atoms with Crippen LogP contribution in [-0.2, 0) is 4.79 Å². The molecule has 2 aliphatic carbocycles. The topological polar surface area (TPSA) is 46.5 Å². The summed E-state index contributed by atoms with van der Waals surface area (Å²) < 4.78 is 6.37. The summed E-state index contributed by atoms with van der Waals surface area (Å²) in [6, 6.07) is 4.22. The number of ether oxygens (including phenoxy) is 1. The van der Waals surface area contributed by atoms with Gasteiger partial charge in [-0.05, 0) is 75.0 Å². The van der Waals surface area contributed by atoms with Crippen LogP contribution in [0.25, 0.3) is 0 Å². The molecule has 3 nitrogen and oxygen atoms in total. The Hall–Kier alpha value is -1.51.